The van der Waals surface area contributed by atoms with Crippen molar-refractivity contribution in [3.63, 3.8) is 0 Å². The highest BCUT2D eigenvalue weighted by Crippen LogP contribution is 2.38. The Morgan fingerprint density at radius 2 is 0.587 bits per heavy atom. The quantitative estimate of drug-likeness (QED) is 0.0195. The van der Waals surface area contributed by atoms with Crippen molar-refractivity contribution in [1.29, 1.82) is 0 Å². The number of hydrogen-bond acceptors (Lipinski definition) is 8. The minimum atomic E-state index is -4.64. The van der Waals surface area contributed by atoms with E-state index in [1.54, 1.807) is 0 Å². The molecular weight excluding hydrogens is 1160 g/mol. The van der Waals surface area contributed by atoms with Crippen molar-refractivity contribution in [3.05, 3.63) is 24.3 Å². The van der Waals surface area contributed by atoms with Crippen LogP contribution in [0.25, 0.3) is 0 Å². The van der Waals surface area contributed by atoms with Crippen LogP contribution in [-0.4, -0.2) is 70.0 Å². The summed E-state index contributed by atoms with van der Waals surface area (Å²) in [7, 11) is 1.19. The lowest BCUT2D eigenvalue weighted by Gasteiger charge is -2.28. The topological polar surface area (TPSA) is 111 Å². The average Bonchev–Trinajstić information content (AvgIpc) is 2.14. The molecule has 0 aromatic heterocycles. The maximum absolute atomic E-state index is 12.9. The highest BCUT2D eigenvalue weighted by molar-refractivity contribution is 7.45. The Hall–Kier alpha value is -1.51. The fourth-order valence-corrected chi connectivity index (χ4v) is 13.4. The molecule has 2 atom stereocenters. The van der Waals surface area contributed by atoms with Crippen molar-refractivity contribution >= 4 is 19.8 Å². The van der Waals surface area contributed by atoms with Crippen molar-refractivity contribution in [3.8, 4) is 0 Å². The molecule has 0 N–H and O–H groups in total. The number of ether oxygens (including phenoxy) is 2. The lowest BCUT2D eigenvalue weighted by Crippen LogP contribution is -2.37. The molecule has 0 aliphatic carbocycles. The second-order valence-corrected chi connectivity index (χ2v) is 30.9. The number of phosphoric ester groups is 1. The van der Waals surface area contributed by atoms with Crippen LogP contribution in [0.1, 0.15) is 438 Å². The molecule has 0 saturated carbocycles. The highest BCUT2D eigenvalue weighted by atomic mass is 31.2. The first kappa shape index (κ1) is 90.5. The summed E-state index contributed by atoms with van der Waals surface area (Å²) in [5.41, 5.74) is 0. The average molecular weight is 1320 g/mol. The van der Waals surface area contributed by atoms with Gasteiger partial charge in [-0.1, -0.05) is 404 Å². The van der Waals surface area contributed by atoms with Gasteiger partial charge in [0.15, 0.2) is 6.10 Å². The lowest BCUT2D eigenvalue weighted by molar-refractivity contribution is -0.870. The predicted molar refractivity (Wildman–Crippen MR) is 398 cm³/mol. The van der Waals surface area contributed by atoms with Gasteiger partial charge in [-0.2, -0.15) is 0 Å². The van der Waals surface area contributed by atoms with Gasteiger partial charge in [0, 0.05) is 12.8 Å². The van der Waals surface area contributed by atoms with E-state index in [2.05, 4.69) is 38.2 Å². The number of esters is 2. The standard InChI is InChI=1S/C82H160NO8P/c1-6-8-10-12-14-16-18-20-22-24-26-28-30-32-34-36-37-38-39-40-41-42-43-44-45-47-48-50-52-54-56-58-60-62-64-66-68-70-72-74-81(84)88-78-80(79-90-92(86,87)89-77-76-83(3,4)5)91-82(85)75-73-71-69-67-65-63-61-59-57-55-53-51-49-46-35-33-31-29-27-25-23-21-19-17-15-13-11-9-7-2/h19,21,25,27,80H,6-18,20,22-24,26,28-79H2,1-5H3/b21-19-,27-25-. The number of likely N-dealkylation sites (N-methyl/N-ethyl adjacent to an activating group) is 1. The number of rotatable bonds is 78. The normalized spacial score (nSPS) is 13.1. The fourth-order valence-electron chi connectivity index (χ4n) is 12.7. The summed E-state index contributed by atoms with van der Waals surface area (Å²) in [6.07, 6.45) is 94.7. The third-order valence-electron chi connectivity index (χ3n) is 19.0. The summed E-state index contributed by atoms with van der Waals surface area (Å²) in [5, 5.41) is 0. The molecule has 0 radical (unpaired) electrons. The first-order valence-electron chi connectivity index (χ1n) is 41.0. The third-order valence-corrected chi connectivity index (χ3v) is 19.9. The van der Waals surface area contributed by atoms with Crippen LogP contribution in [-0.2, 0) is 32.7 Å². The maximum Gasteiger partial charge on any atom is 0.306 e. The van der Waals surface area contributed by atoms with Gasteiger partial charge in [-0.05, 0) is 44.9 Å². The minimum absolute atomic E-state index is 0.0269. The monoisotopic (exact) mass is 1320 g/mol. The van der Waals surface area contributed by atoms with Crippen LogP contribution in [0.2, 0.25) is 0 Å². The minimum Gasteiger partial charge on any atom is -0.756 e. The van der Waals surface area contributed by atoms with Gasteiger partial charge in [0.2, 0.25) is 0 Å². The molecule has 2 unspecified atom stereocenters. The Morgan fingerprint density at radius 1 is 0.337 bits per heavy atom. The highest BCUT2D eigenvalue weighted by Gasteiger charge is 2.22. The number of quaternary nitrogens is 1. The maximum atomic E-state index is 12.9. The molecule has 0 aliphatic heterocycles. The van der Waals surface area contributed by atoms with Gasteiger partial charge < -0.3 is 27.9 Å². The molecule has 0 aromatic rings. The number of unbranched alkanes of at least 4 members (excludes halogenated alkanes) is 60. The zero-order valence-electron chi connectivity index (χ0n) is 62.5. The van der Waals surface area contributed by atoms with Gasteiger partial charge in [0.1, 0.15) is 19.8 Å². The molecule has 546 valence electrons. The summed E-state index contributed by atoms with van der Waals surface area (Å²) in [6, 6.07) is 0. The lowest BCUT2D eigenvalue weighted by atomic mass is 10.0. The molecule has 0 fully saturated rings. The van der Waals surface area contributed by atoms with E-state index in [0.29, 0.717) is 17.4 Å². The van der Waals surface area contributed by atoms with Gasteiger partial charge in [0.05, 0.1) is 27.7 Å². The predicted octanol–water partition coefficient (Wildman–Crippen LogP) is 26.5. The molecule has 9 nitrogen and oxygen atoms in total. The van der Waals surface area contributed by atoms with Gasteiger partial charge >= 0.3 is 11.9 Å². The van der Waals surface area contributed by atoms with E-state index >= 15 is 0 Å². The zero-order valence-corrected chi connectivity index (χ0v) is 63.4. The smallest absolute Gasteiger partial charge is 0.306 e. The Kier molecular flexibility index (Phi) is 72.5. The zero-order chi connectivity index (χ0) is 66.9. The Balaban J connectivity index is 3.86. The van der Waals surface area contributed by atoms with Crippen LogP contribution >= 0.6 is 7.82 Å². The molecule has 10 heteroatoms. The largest absolute Gasteiger partial charge is 0.756 e. The number of allylic oxidation sites excluding steroid dienone is 4. The van der Waals surface area contributed by atoms with Gasteiger partial charge in [-0.3, -0.25) is 14.2 Å². The summed E-state index contributed by atoms with van der Waals surface area (Å²) < 4.78 is 34.4. The van der Waals surface area contributed by atoms with E-state index in [0.717, 1.165) is 38.5 Å². The summed E-state index contributed by atoms with van der Waals surface area (Å²) in [4.78, 5) is 38.2. The van der Waals surface area contributed by atoms with Gasteiger partial charge in [0.25, 0.3) is 7.82 Å². The van der Waals surface area contributed by atoms with Crippen LogP contribution in [0.3, 0.4) is 0 Å². The van der Waals surface area contributed by atoms with Gasteiger partial charge in [-0.15, -0.1) is 0 Å². The summed E-state index contributed by atoms with van der Waals surface area (Å²) >= 11 is 0. The Labute approximate surface area is 574 Å². The second-order valence-electron chi connectivity index (χ2n) is 29.5. The molecule has 0 rings (SSSR count). The number of carbonyl (C=O) groups is 2. The van der Waals surface area contributed by atoms with Crippen molar-refractivity contribution in [2.75, 3.05) is 47.5 Å². The number of carbonyl (C=O) groups excluding carboxylic acids is 2. The van der Waals surface area contributed by atoms with E-state index in [9.17, 15) is 19.0 Å². The van der Waals surface area contributed by atoms with Crippen LogP contribution in [0.15, 0.2) is 24.3 Å². The number of phosphoric acid groups is 1. The molecule has 0 spiro atoms. The molecule has 0 aliphatic rings. The third kappa shape index (κ3) is 77.5. The van der Waals surface area contributed by atoms with Gasteiger partial charge in [-0.25, -0.2) is 0 Å². The van der Waals surface area contributed by atoms with Crippen molar-refractivity contribution in [2.24, 2.45) is 0 Å². The van der Waals surface area contributed by atoms with E-state index < -0.39 is 26.5 Å². The van der Waals surface area contributed by atoms with Crippen LogP contribution in [0, 0.1) is 0 Å². The number of nitrogens with zero attached hydrogens (tertiary/aromatic N) is 1. The molecule has 0 saturated heterocycles. The summed E-state index contributed by atoms with van der Waals surface area (Å²) in [6.45, 7) is 4.32. The summed E-state index contributed by atoms with van der Waals surface area (Å²) in [5.74, 6) is -0.806. The van der Waals surface area contributed by atoms with Crippen molar-refractivity contribution in [1.82, 2.24) is 0 Å². The Bertz CT molecular complexity index is 1600. The van der Waals surface area contributed by atoms with Crippen molar-refractivity contribution < 1.29 is 42.1 Å². The molecule has 92 heavy (non-hydrogen) atoms. The van der Waals surface area contributed by atoms with E-state index in [1.807, 2.05) is 21.1 Å². The van der Waals surface area contributed by atoms with Crippen LogP contribution in [0.5, 0.6) is 0 Å². The van der Waals surface area contributed by atoms with Crippen LogP contribution in [0.4, 0.5) is 0 Å². The number of hydrogen-bond donors (Lipinski definition) is 0. The molecular formula is C82H160NO8P. The first-order chi connectivity index (χ1) is 45.0. The van der Waals surface area contributed by atoms with E-state index in [4.69, 9.17) is 18.5 Å². The van der Waals surface area contributed by atoms with Crippen LogP contribution < -0.4 is 4.89 Å². The Morgan fingerprint density at radius 3 is 0.859 bits per heavy atom. The SMILES string of the molecule is CCCCCCC/C=C\C/C=C\CCCCCCCCCCCCCCCCCCCC(=O)OC(COC(=O)CCCCCCCCCCCCCCCCCCCCCCCCCCCCCCCCCCCCCCCCC)COP(=O)([O-])OCC[N+](C)(C)C. The fraction of sp³-hybridized carbons (Fsp3) is 0.927. The molecule has 0 heterocycles. The van der Waals surface area contributed by atoms with Crippen molar-refractivity contribution in [2.45, 2.75) is 444 Å². The molecule has 0 bridgehead atoms. The first-order valence-corrected chi connectivity index (χ1v) is 42.5. The molecule has 0 aromatic carbocycles. The van der Waals surface area contributed by atoms with E-state index in [-0.39, 0.29) is 32.0 Å². The molecule has 0 amide bonds. The van der Waals surface area contributed by atoms with E-state index in [1.165, 1.54) is 366 Å². The second kappa shape index (κ2) is 73.7.